The van der Waals surface area contributed by atoms with Crippen LogP contribution in [0.3, 0.4) is 0 Å². The van der Waals surface area contributed by atoms with E-state index in [0.717, 1.165) is 10.8 Å². The lowest BCUT2D eigenvalue weighted by Crippen LogP contribution is -2.04. The fraction of sp³-hybridized carbons (Fsp3) is 0. The minimum Gasteiger partial charge on any atom is -0.298 e. The van der Waals surface area contributed by atoms with E-state index in [9.17, 15) is 19.2 Å². The quantitative estimate of drug-likeness (QED) is 0.546. The van der Waals surface area contributed by atoms with Crippen molar-refractivity contribution < 1.29 is 19.2 Å². The molecule has 0 saturated carbocycles. The maximum atomic E-state index is 11.4. The lowest BCUT2D eigenvalue weighted by molar-refractivity contribution is 0.107. The molecule has 0 spiro atoms. The molecule has 3 aromatic rings. The Bertz CT molecular complexity index is 876. The molecule has 0 atom stereocenters. The summed E-state index contributed by atoms with van der Waals surface area (Å²) >= 11 is 0. The van der Waals surface area contributed by atoms with Gasteiger partial charge in [0.05, 0.1) is 0 Å². The van der Waals surface area contributed by atoms with E-state index in [1.807, 2.05) is 24.3 Å². The topological polar surface area (TPSA) is 68.3 Å². The summed E-state index contributed by atoms with van der Waals surface area (Å²) in [6, 6.07) is 11.0. The Morgan fingerprint density at radius 2 is 0.909 bits per heavy atom. The average Bonchev–Trinajstić information content (AvgIpc) is 2.57. The summed E-state index contributed by atoms with van der Waals surface area (Å²) in [5.74, 6) is 0. The van der Waals surface area contributed by atoms with Crippen LogP contribution in [0.4, 0.5) is 0 Å². The average molecular weight is 290 g/mol. The fourth-order valence-electron chi connectivity index (χ4n) is 2.77. The number of carbonyl (C=O) groups excluding carboxylic acids is 4. The summed E-state index contributed by atoms with van der Waals surface area (Å²) in [6.07, 6.45) is 1.97. The van der Waals surface area contributed by atoms with E-state index in [2.05, 4.69) is 0 Å². The third kappa shape index (κ3) is 1.85. The van der Waals surface area contributed by atoms with Crippen molar-refractivity contribution in [3.05, 3.63) is 58.7 Å². The van der Waals surface area contributed by atoms with Gasteiger partial charge in [0.1, 0.15) is 0 Å². The van der Waals surface area contributed by atoms with Crippen molar-refractivity contribution in [2.45, 2.75) is 0 Å². The van der Waals surface area contributed by atoms with Crippen LogP contribution in [0.25, 0.3) is 21.5 Å². The van der Waals surface area contributed by atoms with Crippen LogP contribution < -0.4 is 0 Å². The largest absolute Gasteiger partial charge is 0.298 e. The van der Waals surface area contributed by atoms with Gasteiger partial charge >= 0.3 is 0 Å². The first kappa shape index (κ1) is 13.8. The molecule has 0 aliphatic heterocycles. The highest BCUT2D eigenvalue weighted by Gasteiger charge is 2.18. The Morgan fingerprint density at radius 1 is 0.545 bits per heavy atom. The zero-order valence-corrected chi connectivity index (χ0v) is 11.4. The van der Waals surface area contributed by atoms with Crippen molar-refractivity contribution in [1.82, 2.24) is 0 Å². The normalized spacial score (nSPS) is 10.5. The monoisotopic (exact) mass is 290 g/mol. The molecule has 4 heteroatoms. The summed E-state index contributed by atoms with van der Waals surface area (Å²) in [5, 5.41) is 2.74. The van der Waals surface area contributed by atoms with Crippen LogP contribution in [-0.2, 0) is 0 Å². The predicted octanol–water partition coefficient (Wildman–Crippen LogP) is 3.24. The number of rotatable bonds is 4. The Morgan fingerprint density at radius 3 is 1.23 bits per heavy atom. The highest BCUT2D eigenvalue weighted by molar-refractivity contribution is 6.18. The smallest absolute Gasteiger partial charge is 0.151 e. The molecule has 0 aliphatic rings. The van der Waals surface area contributed by atoms with E-state index >= 15 is 0 Å². The van der Waals surface area contributed by atoms with Crippen molar-refractivity contribution in [2.24, 2.45) is 0 Å². The molecule has 3 aromatic carbocycles. The molecule has 0 N–H and O–H groups in total. The first-order chi connectivity index (χ1) is 10.7. The van der Waals surface area contributed by atoms with Crippen molar-refractivity contribution in [3.8, 4) is 0 Å². The molecule has 0 radical (unpaired) electrons. The van der Waals surface area contributed by atoms with Crippen molar-refractivity contribution in [3.63, 3.8) is 0 Å². The van der Waals surface area contributed by atoms with Gasteiger partial charge in [0.15, 0.2) is 25.1 Å². The molecule has 4 nitrogen and oxygen atoms in total. The van der Waals surface area contributed by atoms with Crippen LogP contribution in [-0.4, -0.2) is 25.1 Å². The molecule has 3 rings (SSSR count). The second-order valence-corrected chi connectivity index (χ2v) is 4.87. The minimum atomic E-state index is -0.0464. The van der Waals surface area contributed by atoms with E-state index in [0.29, 0.717) is 35.9 Å². The molecule has 0 heterocycles. The summed E-state index contributed by atoms with van der Waals surface area (Å²) in [7, 11) is 0. The van der Waals surface area contributed by atoms with Crippen molar-refractivity contribution >= 4 is 46.7 Å². The molecule has 0 saturated heterocycles. The predicted molar refractivity (Wildman–Crippen MR) is 83.0 cm³/mol. The molecule has 0 bridgehead atoms. The molecule has 22 heavy (non-hydrogen) atoms. The van der Waals surface area contributed by atoms with Gasteiger partial charge in [-0.05, 0) is 33.7 Å². The van der Waals surface area contributed by atoms with E-state index in [-0.39, 0.29) is 22.3 Å². The molecule has 0 unspecified atom stereocenters. The fourth-order valence-corrected chi connectivity index (χ4v) is 2.77. The standard InChI is InChI=1S/C18H10O4/c19-7-15-13-5-11-3-1-2-4-12(11)6-14(13)16(8-20)18(10-22)17(15)9-21/h1-10H. The summed E-state index contributed by atoms with van der Waals surface area (Å²) in [5.41, 5.74) is 0.164. The SMILES string of the molecule is O=Cc1c(C=O)c(C=O)c2cc3ccccc3cc2c1C=O. The van der Waals surface area contributed by atoms with E-state index < -0.39 is 0 Å². The highest BCUT2D eigenvalue weighted by Crippen LogP contribution is 2.31. The molecule has 0 aromatic heterocycles. The van der Waals surface area contributed by atoms with Gasteiger partial charge in [0.2, 0.25) is 0 Å². The van der Waals surface area contributed by atoms with Gasteiger partial charge in [-0.3, -0.25) is 19.2 Å². The zero-order valence-electron chi connectivity index (χ0n) is 11.4. The maximum Gasteiger partial charge on any atom is 0.151 e. The second kappa shape index (κ2) is 5.33. The summed E-state index contributed by atoms with van der Waals surface area (Å²) < 4.78 is 0. The highest BCUT2D eigenvalue weighted by atomic mass is 16.1. The van der Waals surface area contributed by atoms with Crippen LogP contribution in [0.2, 0.25) is 0 Å². The maximum absolute atomic E-state index is 11.4. The zero-order chi connectivity index (χ0) is 15.7. The van der Waals surface area contributed by atoms with Gasteiger partial charge < -0.3 is 0 Å². The summed E-state index contributed by atoms with van der Waals surface area (Å²) in [4.78, 5) is 45.5. The number of benzene rings is 3. The second-order valence-electron chi connectivity index (χ2n) is 4.87. The third-order valence-electron chi connectivity index (χ3n) is 3.81. The van der Waals surface area contributed by atoms with Crippen LogP contribution in [0.1, 0.15) is 41.4 Å². The first-order valence-electron chi connectivity index (χ1n) is 6.58. The van der Waals surface area contributed by atoms with Gasteiger partial charge in [-0.25, -0.2) is 0 Å². The molecule has 0 amide bonds. The van der Waals surface area contributed by atoms with E-state index in [4.69, 9.17) is 0 Å². The number of aldehydes is 4. The van der Waals surface area contributed by atoms with Crippen LogP contribution in [0, 0.1) is 0 Å². The Hall–Kier alpha value is -3.14. The van der Waals surface area contributed by atoms with Gasteiger partial charge in [-0.1, -0.05) is 24.3 Å². The van der Waals surface area contributed by atoms with Crippen molar-refractivity contribution in [2.75, 3.05) is 0 Å². The van der Waals surface area contributed by atoms with Gasteiger partial charge in [-0.2, -0.15) is 0 Å². The number of hydrogen-bond donors (Lipinski definition) is 0. The van der Waals surface area contributed by atoms with Gasteiger partial charge in [-0.15, -0.1) is 0 Å². The molecule has 106 valence electrons. The first-order valence-corrected chi connectivity index (χ1v) is 6.58. The van der Waals surface area contributed by atoms with Crippen LogP contribution in [0.15, 0.2) is 36.4 Å². The molecular weight excluding hydrogens is 280 g/mol. The van der Waals surface area contributed by atoms with E-state index in [1.165, 1.54) is 0 Å². The van der Waals surface area contributed by atoms with Crippen molar-refractivity contribution in [1.29, 1.82) is 0 Å². The lowest BCUT2D eigenvalue weighted by Gasteiger charge is -2.12. The molecule has 0 aliphatic carbocycles. The Labute approximate surface area is 125 Å². The van der Waals surface area contributed by atoms with Crippen LogP contribution in [0.5, 0.6) is 0 Å². The van der Waals surface area contributed by atoms with Gasteiger partial charge in [0.25, 0.3) is 0 Å². The Balaban J connectivity index is 2.65. The number of fused-ring (bicyclic) bond motifs is 2. The minimum absolute atomic E-state index is 0.0464. The summed E-state index contributed by atoms with van der Waals surface area (Å²) in [6.45, 7) is 0. The number of hydrogen-bond acceptors (Lipinski definition) is 4. The number of carbonyl (C=O) groups is 4. The molecule has 0 fully saturated rings. The lowest BCUT2D eigenvalue weighted by atomic mass is 9.89. The van der Waals surface area contributed by atoms with Crippen LogP contribution >= 0.6 is 0 Å². The van der Waals surface area contributed by atoms with E-state index in [1.54, 1.807) is 12.1 Å². The van der Waals surface area contributed by atoms with Gasteiger partial charge in [0, 0.05) is 22.3 Å². The Kier molecular flexibility index (Phi) is 3.35. The third-order valence-corrected chi connectivity index (χ3v) is 3.81. The molecular formula is C18H10O4.